The monoisotopic (exact) mass is 379 g/mol. The minimum atomic E-state index is -2.48. The van der Waals surface area contributed by atoms with E-state index in [0.717, 1.165) is 23.2 Å². The van der Waals surface area contributed by atoms with Gasteiger partial charge in [-0.05, 0) is 35.7 Å². The number of fused-ring (bicyclic) bond motifs is 1. The van der Waals surface area contributed by atoms with Crippen LogP contribution in [-0.2, 0) is 13.0 Å². The number of hydrogen-bond donors (Lipinski definition) is 1. The zero-order chi connectivity index (χ0) is 19.5. The Morgan fingerprint density at radius 1 is 1.07 bits per heavy atom. The fourth-order valence-electron chi connectivity index (χ4n) is 3.38. The number of carbonyl (C=O) groups excluding carboxylic acids is 1. The molecule has 0 saturated heterocycles. The molecule has 0 radical (unpaired) electrons. The van der Waals surface area contributed by atoms with Crippen LogP contribution < -0.4 is 10.2 Å². The van der Waals surface area contributed by atoms with Crippen LogP contribution in [0, 0.1) is 0 Å². The molecule has 0 saturated carbocycles. The van der Waals surface area contributed by atoms with Gasteiger partial charge in [0.05, 0.1) is 5.56 Å². The van der Waals surface area contributed by atoms with Gasteiger partial charge in [-0.25, -0.2) is 13.8 Å². The number of amides is 1. The molecule has 0 spiro atoms. The Balaban J connectivity index is 1.52. The number of pyridine rings is 1. The van der Waals surface area contributed by atoms with Crippen molar-refractivity contribution in [3.05, 3.63) is 89.1 Å². The summed E-state index contributed by atoms with van der Waals surface area (Å²) in [5.74, 6) is 0.378. The summed E-state index contributed by atoms with van der Waals surface area (Å²) in [6.45, 7) is 1.03. The molecule has 2 aromatic carbocycles. The van der Waals surface area contributed by atoms with Gasteiger partial charge in [-0.3, -0.25) is 4.79 Å². The Morgan fingerprint density at radius 3 is 2.64 bits per heavy atom. The van der Waals surface area contributed by atoms with Crippen LogP contribution in [-0.4, -0.2) is 17.4 Å². The lowest BCUT2D eigenvalue weighted by Gasteiger charge is -2.19. The van der Waals surface area contributed by atoms with E-state index in [4.69, 9.17) is 0 Å². The minimum Gasteiger partial charge on any atom is -0.365 e. The van der Waals surface area contributed by atoms with Crippen molar-refractivity contribution in [1.82, 2.24) is 4.98 Å². The topological polar surface area (TPSA) is 45.2 Å². The second kappa shape index (κ2) is 7.76. The number of alkyl halides is 2. The number of para-hydroxylation sites is 1. The number of rotatable bonds is 5. The van der Waals surface area contributed by atoms with E-state index in [2.05, 4.69) is 10.3 Å². The van der Waals surface area contributed by atoms with Crippen molar-refractivity contribution in [2.24, 2.45) is 0 Å². The van der Waals surface area contributed by atoms with Gasteiger partial charge in [-0.15, -0.1) is 0 Å². The lowest BCUT2D eigenvalue weighted by atomic mass is 10.1. The first-order valence-electron chi connectivity index (χ1n) is 9.09. The predicted molar refractivity (Wildman–Crippen MR) is 105 cm³/mol. The van der Waals surface area contributed by atoms with Gasteiger partial charge in [-0.1, -0.05) is 42.5 Å². The van der Waals surface area contributed by atoms with E-state index in [-0.39, 0.29) is 11.5 Å². The maximum absolute atomic E-state index is 13.1. The zero-order valence-electron chi connectivity index (χ0n) is 15.1. The molecule has 3 aromatic rings. The number of halogens is 2. The number of aromatic nitrogens is 1. The van der Waals surface area contributed by atoms with Gasteiger partial charge in [-0.2, -0.15) is 0 Å². The molecule has 142 valence electrons. The van der Waals surface area contributed by atoms with Crippen molar-refractivity contribution in [2.75, 3.05) is 16.8 Å². The quantitative estimate of drug-likeness (QED) is 0.690. The molecule has 4 nitrogen and oxygen atoms in total. The second-order valence-electron chi connectivity index (χ2n) is 6.63. The van der Waals surface area contributed by atoms with Crippen LogP contribution in [0.4, 0.5) is 20.3 Å². The first-order valence-corrected chi connectivity index (χ1v) is 9.09. The van der Waals surface area contributed by atoms with E-state index in [1.807, 2.05) is 24.3 Å². The van der Waals surface area contributed by atoms with Gasteiger partial charge >= 0.3 is 0 Å². The maximum atomic E-state index is 13.1. The highest BCUT2D eigenvalue weighted by molar-refractivity contribution is 6.10. The number of hydrogen-bond acceptors (Lipinski definition) is 3. The molecule has 4 rings (SSSR count). The first-order chi connectivity index (χ1) is 13.6. The SMILES string of the molecule is O=C(c1cccnc1NCc1ccc(C(F)F)cc1)N1CCc2ccccc21. The summed E-state index contributed by atoms with van der Waals surface area (Å²) < 4.78 is 25.4. The molecule has 1 aliphatic rings. The standard InChI is InChI=1S/C22H19F2N3O/c23-20(24)17-9-7-15(8-10-17)14-26-21-18(5-3-12-25-21)22(28)27-13-11-16-4-1-2-6-19(16)27/h1-10,12,20H,11,13-14H2,(H,25,26). The van der Waals surface area contributed by atoms with Crippen LogP contribution >= 0.6 is 0 Å². The van der Waals surface area contributed by atoms with Gasteiger partial charge < -0.3 is 10.2 Å². The van der Waals surface area contributed by atoms with E-state index < -0.39 is 6.43 Å². The fraction of sp³-hybridized carbons (Fsp3) is 0.182. The van der Waals surface area contributed by atoms with Crippen LogP contribution in [0.1, 0.15) is 33.5 Å². The van der Waals surface area contributed by atoms with Crippen molar-refractivity contribution >= 4 is 17.4 Å². The summed E-state index contributed by atoms with van der Waals surface area (Å²) in [4.78, 5) is 19.2. The molecule has 6 heteroatoms. The minimum absolute atomic E-state index is 0.00912. The number of carbonyl (C=O) groups is 1. The Bertz CT molecular complexity index is 989. The summed E-state index contributed by atoms with van der Waals surface area (Å²) in [5.41, 5.74) is 3.41. The molecule has 0 fully saturated rings. The van der Waals surface area contributed by atoms with Gasteiger partial charge in [0.15, 0.2) is 0 Å². The van der Waals surface area contributed by atoms with Crippen LogP contribution in [0.2, 0.25) is 0 Å². The molecular formula is C22H19F2N3O. The van der Waals surface area contributed by atoms with Gasteiger partial charge in [0.2, 0.25) is 0 Å². The molecule has 1 aromatic heterocycles. The van der Waals surface area contributed by atoms with Crippen LogP contribution in [0.25, 0.3) is 0 Å². The second-order valence-corrected chi connectivity index (χ2v) is 6.63. The first kappa shape index (κ1) is 18.1. The number of benzene rings is 2. The largest absolute Gasteiger partial charge is 0.365 e. The average Bonchev–Trinajstić information content (AvgIpc) is 3.16. The smallest absolute Gasteiger partial charge is 0.263 e. The summed E-state index contributed by atoms with van der Waals surface area (Å²) in [5, 5.41) is 3.16. The summed E-state index contributed by atoms with van der Waals surface area (Å²) in [7, 11) is 0. The van der Waals surface area contributed by atoms with Crippen LogP contribution in [0.3, 0.4) is 0 Å². The van der Waals surface area contributed by atoms with E-state index in [1.54, 1.807) is 35.4 Å². The van der Waals surface area contributed by atoms with Crippen molar-refractivity contribution < 1.29 is 13.6 Å². The third kappa shape index (κ3) is 3.58. The highest BCUT2D eigenvalue weighted by atomic mass is 19.3. The molecule has 1 N–H and O–H groups in total. The molecule has 0 atom stereocenters. The molecule has 0 unspecified atom stereocenters. The summed E-state index contributed by atoms with van der Waals surface area (Å²) in [6.07, 6.45) is -0.0244. The van der Waals surface area contributed by atoms with Crippen molar-refractivity contribution in [2.45, 2.75) is 19.4 Å². The van der Waals surface area contributed by atoms with Crippen molar-refractivity contribution in [3.8, 4) is 0 Å². The van der Waals surface area contributed by atoms with E-state index in [1.165, 1.54) is 12.1 Å². The normalized spacial score (nSPS) is 12.9. The number of anilines is 2. The van der Waals surface area contributed by atoms with E-state index in [9.17, 15) is 13.6 Å². The van der Waals surface area contributed by atoms with Gasteiger partial charge in [0.1, 0.15) is 5.82 Å². The molecule has 0 bridgehead atoms. The zero-order valence-corrected chi connectivity index (χ0v) is 15.1. The Morgan fingerprint density at radius 2 is 1.86 bits per heavy atom. The Hall–Kier alpha value is -3.28. The van der Waals surface area contributed by atoms with E-state index in [0.29, 0.717) is 24.5 Å². The average molecular weight is 379 g/mol. The highest BCUT2D eigenvalue weighted by Gasteiger charge is 2.26. The molecule has 28 heavy (non-hydrogen) atoms. The number of nitrogens with zero attached hydrogens (tertiary/aromatic N) is 2. The Labute approximate surface area is 161 Å². The highest BCUT2D eigenvalue weighted by Crippen LogP contribution is 2.30. The molecule has 2 heterocycles. The van der Waals surface area contributed by atoms with Crippen molar-refractivity contribution in [3.63, 3.8) is 0 Å². The Kier molecular flexibility index (Phi) is 5.02. The van der Waals surface area contributed by atoms with E-state index >= 15 is 0 Å². The maximum Gasteiger partial charge on any atom is 0.263 e. The van der Waals surface area contributed by atoms with Gasteiger partial charge in [0.25, 0.3) is 12.3 Å². The third-order valence-corrected chi connectivity index (χ3v) is 4.86. The van der Waals surface area contributed by atoms with Crippen LogP contribution in [0.5, 0.6) is 0 Å². The third-order valence-electron chi connectivity index (χ3n) is 4.86. The summed E-state index contributed by atoms with van der Waals surface area (Å²) in [6, 6.07) is 17.5. The van der Waals surface area contributed by atoms with Crippen molar-refractivity contribution in [1.29, 1.82) is 0 Å². The predicted octanol–water partition coefficient (Wildman–Crippen LogP) is 4.83. The van der Waals surface area contributed by atoms with Crippen LogP contribution in [0.15, 0.2) is 66.9 Å². The molecule has 1 aliphatic heterocycles. The molecule has 1 amide bonds. The fourth-order valence-corrected chi connectivity index (χ4v) is 3.38. The summed E-state index contributed by atoms with van der Waals surface area (Å²) >= 11 is 0. The molecule has 0 aliphatic carbocycles. The molecular weight excluding hydrogens is 360 g/mol. The van der Waals surface area contributed by atoms with Gasteiger partial charge in [0, 0.05) is 30.5 Å². The lowest BCUT2D eigenvalue weighted by Crippen LogP contribution is -2.29. The lowest BCUT2D eigenvalue weighted by molar-refractivity contribution is 0.0990. The number of nitrogens with one attached hydrogen (secondary N) is 1.